The molecule has 0 aliphatic rings. The number of unbranched alkanes of at least 4 members (excludes halogenated alkanes) is 11. The van der Waals surface area contributed by atoms with Gasteiger partial charge in [-0.1, -0.05) is 105 Å². The van der Waals surface area contributed by atoms with Gasteiger partial charge in [0.15, 0.2) is 0 Å². The Balaban J connectivity index is -0.000000374. The van der Waals surface area contributed by atoms with E-state index in [2.05, 4.69) is 46.7 Å². The van der Waals surface area contributed by atoms with Gasteiger partial charge in [-0.3, -0.25) is 19.2 Å². The lowest BCUT2D eigenvalue weighted by atomic mass is 10.0. The number of nitrogens with one attached hydrogen (secondary N) is 2. The highest BCUT2D eigenvalue weighted by Crippen LogP contribution is 2.14. The van der Waals surface area contributed by atoms with Crippen LogP contribution in [0.5, 0.6) is 0 Å². The third-order valence-electron chi connectivity index (χ3n) is 5.66. The summed E-state index contributed by atoms with van der Waals surface area (Å²) in [4.78, 5) is 11.9. The van der Waals surface area contributed by atoms with E-state index >= 15 is 0 Å². The second-order valence-electron chi connectivity index (χ2n) is 9.93. The summed E-state index contributed by atoms with van der Waals surface area (Å²) in [5.74, 6) is 1.07. The van der Waals surface area contributed by atoms with Crippen molar-refractivity contribution in [2.24, 2.45) is 5.92 Å². The largest absolute Gasteiger partial charge is 0.397 e. The Kier molecular flexibility index (Phi) is 36.8. The lowest BCUT2D eigenvalue weighted by molar-refractivity contribution is -0.122. The third kappa shape index (κ3) is 49.1. The average Bonchev–Trinajstić information content (AvgIpc) is 2.83. The highest BCUT2D eigenvalue weighted by molar-refractivity contribution is 7.81. The number of amides is 1. The van der Waals surface area contributed by atoms with Gasteiger partial charge >= 0.3 is 20.8 Å². The summed E-state index contributed by atoms with van der Waals surface area (Å²) in [7, 11) is -8.35. The molecular weight excluding hydrogens is 574 g/mol. The normalized spacial score (nSPS) is 11.9. The number of carbonyl (C=O) groups is 1. The standard InChI is InChI=1S/C23H48N2O.2C2H6O4S.H3N/c1-5-22(24-6-2)25-23(26)20-18-16-14-12-10-8-7-9-11-13-15-17-19-21(3)4;2*1-2-6-7(3,4)5;/h21-22,24H,5-20H2,1-4H3,(H,25,26);2*2H2,1H3,(H,3,4,5);1H3. The molecule has 1 atom stereocenters. The summed E-state index contributed by atoms with van der Waals surface area (Å²) >= 11 is 0. The Hall–Kier alpha value is -0.870. The fraction of sp³-hybridized carbons (Fsp3) is 0.963. The average molecular weight is 638 g/mol. The van der Waals surface area contributed by atoms with Crippen molar-refractivity contribution >= 4 is 26.7 Å². The van der Waals surface area contributed by atoms with E-state index in [0.717, 1.165) is 25.3 Å². The van der Waals surface area contributed by atoms with E-state index in [1.165, 1.54) is 90.9 Å². The van der Waals surface area contributed by atoms with Crippen molar-refractivity contribution in [3.8, 4) is 0 Å². The molecule has 0 aliphatic carbocycles. The maximum atomic E-state index is 11.9. The van der Waals surface area contributed by atoms with Gasteiger partial charge < -0.3 is 11.5 Å². The van der Waals surface area contributed by atoms with Gasteiger partial charge in [0.25, 0.3) is 0 Å². The monoisotopic (exact) mass is 637 g/mol. The smallest absolute Gasteiger partial charge is 0.344 e. The van der Waals surface area contributed by atoms with E-state index < -0.39 is 20.8 Å². The van der Waals surface area contributed by atoms with Crippen LogP contribution in [-0.4, -0.2) is 57.8 Å². The highest BCUT2D eigenvalue weighted by Gasteiger charge is 2.08. The molecule has 0 aliphatic heterocycles. The second kappa shape index (κ2) is 32.1. The van der Waals surface area contributed by atoms with Crippen molar-refractivity contribution in [3.05, 3.63) is 0 Å². The summed E-state index contributed by atoms with van der Waals surface area (Å²) in [6, 6.07) is 0. The van der Waals surface area contributed by atoms with Crippen molar-refractivity contribution in [3.63, 3.8) is 0 Å². The topological polar surface area (TPSA) is 203 Å². The van der Waals surface area contributed by atoms with Crippen molar-refractivity contribution in [1.82, 2.24) is 16.8 Å². The SMILES string of the molecule is CCNC(CC)NC(=O)CCCCCCCCCCCCCCC(C)C.CCOS(=O)(=O)O.CCOS(=O)(=O)O.N. The second-order valence-corrected chi connectivity index (χ2v) is 12.1. The van der Waals surface area contributed by atoms with Crippen LogP contribution < -0.4 is 16.8 Å². The van der Waals surface area contributed by atoms with Gasteiger partial charge in [0.1, 0.15) is 0 Å². The Morgan fingerprint density at radius 1 is 0.683 bits per heavy atom. The Morgan fingerprint density at radius 3 is 1.32 bits per heavy atom. The first kappa shape index (κ1) is 47.1. The molecule has 1 amide bonds. The van der Waals surface area contributed by atoms with E-state index in [1.54, 1.807) is 0 Å². The fourth-order valence-corrected chi connectivity index (χ4v) is 4.31. The number of carbonyl (C=O) groups excluding carboxylic acids is 1. The first-order valence-corrected chi connectivity index (χ1v) is 17.7. The number of hydrogen-bond donors (Lipinski definition) is 5. The van der Waals surface area contributed by atoms with Gasteiger partial charge in [-0.2, -0.15) is 16.8 Å². The molecule has 12 nitrogen and oxygen atoms in total. The molecule has 0 heterocycles. The molecule has 7 N–H and O–H groups in total. The lowest BCUT2D eigenvalue weighted by Gasteiger charge is -2.17. The van der Waals surface area contributed by atoms with E-state index in [1.807, 2.05) is 0 Å². The summed E-state index contributed by atoms with van der Waals surface area (Å²) in [6.07, 6.45) is 19.3. The Labute approximate surface area is 252 Å². The van der Waals surface area contributed by atoms with Crippen LogP contribution in [0.4, 0.5) is 0 Å². The van der Waals surface area contributed by atoms with Gasteiger partial charge in [0.2, 0.25) is 5.91 Å². The molecule has 0 aromatic heterocycles. The summed E-state index contributed by atoms with van der Waals surface area (Å²) in [5, 5.41) is 6.35. The molecular formula is C27H63N3O9S2. The Bertz CT molecular complexity index is 732. The minimum atomic E-state index is -4.17. The van der Waals surface area contributed by atoms with Crippen molar-refractivity contribution < 1.29 is 39.1 Å². The zero-order valence-electron chi connectivity index (χ0n) is 26.7. The number of rotatable bonds is 23. The van der Waals surface area contributed by atoms with Crippen LogP contribution in [0.3, 0.4) is 0 Å². The zero-order valence-corrected chi connectivity index (χ0v) is 28.3. The predicted octanol–water partition coefficient (Wildman–Crippen LogP) is 6.38. The highest BCUT2D eigenvalue weighted by atomic mass is 32.3. The van der Waals surface area contributed by atoms with Crippen molar-refractivity contribution in [2.75, 3.05) is 19.8 Å². The molecule has 0 spiro atoms. The third-order valence-corrected chi connectivity index (χ3v) is 6.73. The van der Waals surface area contributed by atoms with Crippen molar-refractivity contribution in [1.29, 1.82) is 0 Å². The van der Waals surface area contributed by atoms with Crippen LogP contribution >= 0.6 is 0 Å². The minimum Gasteiger partial charge on any atom is -0.344 e. The molecule has 0 saturated heterocycles. The predicted molar refractivity (Wildman–Crippen MR) is 167 cm³/mol. The maximum Gasteiger partial charge on any atom is 0.397 e. The summed E-state index contributed by atoms with van der Waals surface area (Å²) in [6.45, 7) is 12.6. The fourth-order valence-electron chi connectivity index (χ4n) is 3.71. The first-order valence-electron chi connectivity index (χ1n) is 15.0. The molecule has 0 bridgehead atoms. The molecule has 14 heteroatoms. The van der Waals surface area contributed by atoms with E-state index in [4.69, 9.17) is 9.11 Å². The Morgan fingerprint density at radius 2 is 1.05 bits per heavy atom. The van der Waals surface area contributed by atoms with Crippen LogP contribution in [0.2, 0.25) is 0 Å². The van der Waals surface area contributed by atoms with Gasteiger partial charge in [0.05, 0.1) is 19.4 Å². The van der Waals surface area contributed by atoms with Crippen LogP contribution in [0, 0.1) is 5.92 Å². The van der Waals surface area contributed by atoms with Crippen LogP contribution in [0.1, 0.15) is 138 Å². The summed E-state index contributed by atoms with van der Waals surface area (Å²) in [5.41, 5.74) is 0. The van der Waals surface area contributed by atoms with Gasteiger partial charge in [-0.15, -0.1) is 0 Å². The van der Waals surface area contributed by atoms with Crippen LogP contribution in [0.25, 0.3) is 0 Å². The molecule has 0 saturated carbocycles. The van der Waals surface area contributed by atoms with Gasteiger partial charge in [-0.25, -0.2) is 8.37 Å². The molecule has 0 aromatic rings. The van der Waals surface area contributed by atoms with Crippen LogP contribution in [-0.2, 0) is 34.0 Å². The van der Waals surface area contributed by atoms with Gasteiger partial charge in [-0.05, 0) is 39.2 Å². The van der Waals surface area contributed by atoms with Gasteiger partial charge in [0, 0.05) is 6.42 Å². The lowest BCUT2D eigenvalue weighted by Crippen LogP contribution is -2.44. The summed E-state index contributed by atoms with van der Waals surface area (Å²) < 4.78 is 61.3. The molecule has 41 heavy (non-hydrogen) atoms. The quantitative estimate of drug-likeness (QED) is 0.0472. The molecule has 252 valence electrons. The maximum absolute atomic E-state index is 11.9. The van der Waals surface area contributed by atoms with E-state index in [9.17, 15) is 21.6 Å². The zero-order chi connectivity index (χ0) is 31.3. The molecule has 1 unspecified atom stereocenters. The van der Waals surface area contributed by atoms with Crippen LogP contribution in [0.15, 0.2) is 0 Å². The molecule has 0 radical (unpaired) electrons. The molecule has 0 fully saturated rings. The van der Waals surface area contributed by atoms with E-state index in [0.29, 0.717) is 6.42 Å². The first-order chi connectivity index (χ1) is 18.7. The van der Waals surface area contributed by atoms with Crippen molar-refractivity contribution in [2.45, 2.75) is 144 Å². The molecule has 0 rings (SSSR count). The minimum absolute atomic E-state index is 0. The van der Waals surface area contributed by atoms with E-state index in [-0.39, 0.29) is 31.4 Å². The number of hydrogen-bond acceptors (Lipinski definition) is 9. The molecule has 0 aromatic carbocycles.